The Balaban J connectivity index is 2.96. The summed E-state index contributed by atoms with van der Waals surface area (Å²) in [6.45, 7) is 0. The molecule has 0 aliphatic rings. The van der Waals surface area contributed by atoms with E-state index < -0.39 is 0 Å². The van der Waals surface area contributed by atoms with Gasteiger partial charge in [-0.15, -0.1) is 0 Å². The summed E-state index contributed by atoms with van der Waals surface area (Å²) in [5.74, 6) is -0.388. The Kier molecular flexibility index (Phi) is 1.21. The molecule has 0 unspecified atom stereocenters. The van der Waals surface area contributed by atoms with Crippen LogP contribution in [-0.2, 0) is 0 Å². The number of nitrogens with one attached hydrogen (secondary N) is 1. The highest BCUT2D eigenvalue weighted by Crippen LogP contribution is 2.10. The lowest BCUT2D eigenvalue weighted by molar-refractivity contribution is 0.634. The summed E-state index contributed by atoms with van der Waals surface area (Å²) in [5, 5.41) is 0.417. The normalized spacial score (nSPS) is 10.6. The molecule has 1 N–H and O–H groups in total. The van der Waals surface area contributed by atoms with Crippen molar-refractivity contribution in [3.05, 3.63) is 24.4 Å². The molecule has 0 atom stereocenters. The molecule has 0 spiro atoms. The van der Waals surface area contributed by atoms with Crippen LogP contribution >= 0.6 is 0 Å². The van der Waals surface area contributed by atoms with Gasteiger partial charge >= 0.3 is 0 Å². The van der Waals surface area contributed by atoms with Crippen molar-refractivity contribution in [3.8, 4) is 0 Å². The van der Waals surface area contributed by atoms with Crippen LogP contribution in [0.25, 0.3) is 10.9 Å². The Bertz CT molecular complexity index is 396. The topological polar surface area (TPSA) is 28.7 Å². The first-order valence-corrected chi connectivity index (χ1v) is 3.15. The standard InChI is InChI=1S/C7H4BFN2/c8-4-1-11-6-3-10-2-5(9)7(4)6/h1-3,11H. The average molecular weight is 146 g/mol. The van der Waals surface area contributed by atoms with Crippen LogP contribution in [0.2, 0.25) is 0 Å². The average Bonchev–Trinajstić information content (AvgIpc) is 2.34. The molecule has 2 aromatic heterocycles. The van der Waals surface area contributed by atoms with Crippen molar-refractivity contribution in [3.63, 3.8) is 0 Å². The summed E-state index contributed by atoms with van der Waals surface area (Å²) < 4.78 is 12.9. The molecule has 0 bridgehead atoms. The summed E-state index contributed by atoms with van der Waals surface area (Å²) >= 11 is 0. The van der Waals surface area contributed by atoms with Crippen molar-refractivity contribution in [2.75, 3.05) is 0 Å². The van der Waals surface area contributed by atoms with E-state index in [9.17, 15) is 4.39 Å². The third-order valence-electron chi connectivity index (χ3n) is 1.57. The number of H-pyrrole nitrogens is 1. The predicted molar refractivity (Wildman–Crippen MR) is 41.4 cm³/mol. The molecular formula is C7H4BFN2. The van der Waals surface area contributed by atoms with Crippen LogP contribution in [0.15, 0.2) is 18.6 Å². The van der Waals surface area contributed by atoms with Crippen LogP contribution in [0.5, 0.6) is 0 Å². The maximum atomic E-state index is 12.9. The molecule has 0 amide bonds. The molecule has 0 aliphatic carbocycles. The number of hydrogen-bond donors (Lipinski definition) is 1. The monoisotopic (exact) mass is 146 g/mol. The molecule has 0 aliphatic heterocycles. The van der Waals surface area contributed by atoms with Gasteiger partial charge in [0.1, 0.15) is 13.7 Å². The van der Waals surface area contributed by atoms with E-state index in [4.69, 9.17) is 7.85 Å². The lowest BCUT2D eigenvalue weighted by Gasteiger charge is -1.91. The summed E-state index contributed by atoms with van der Waals surface area (Å²) in [6, 6.07) is 0. The van der Waals surface area contributed by atoms with Gasteiger partial charge < -0.3 is 4.98 Å². The largest absolute Gasteiger partial charge is 0.360 e. The van der Waals surface area contributed by atoms with Crippen molar-refractivity contribution in [2.45, 2.75) is 0 Å². The number of nitrogens with zero attached hydrogens (tertiary/aromatic N) is 1. The molecule has 0 saturated heterocycles. The Morgan fingerprint density at radius 2 is 2.27 bits per heavy atom. The van der Waals surface area contributed by atoms with Crippen LogP contribution < -0.4 is 5.46 Å². The van der Waals surface area contributed by atoms with E-state index in [1.807, 2.05) is 0 Å². The molecule has 4 heteroatoms. The Hall–Kier alpha value is -1.32. The van der Waals surface area contributed by atoms with Crippen LogP contribution in [0.4, 0.5) is 4.39 Å². The Morgan fingerprint density at radius 1 is 1.45 bits per heavy atom. The molecule has 2 nitrogen and oxygen atoms in total. The zero-order valence-electron chi connectivity index (χ0n) is 5.63. The molecule has 2 radical (unpaired) electrons. The van der Waals surface area contributed by atoms with Crippen LogP contribution in [-0.4, -0.2) is 17.8 Å². The fraction of sp³-hybridized carbons (Fsp3) is 0. The minimum absolute atomic E-state index is 0.388. The predicted octanol–water partition coefficient (Wildman–Crippen LogP) is 0.496. The third kappa shape index (κ3) is 0.825. The number of aromatic amines is 1. The second-order valence-corrected chi connectivity index (χ2v) is 2.29. The number of fused-ring (bicyclic) bond motifs is 1. The van der Waals surface area contributed by atoms with Gasteiger partial charge in [0.2, 0.25) is 0 Å². The molecule has 2 heterocycles. The summed E-state index contributed by atoms with van der Waals surface area (Å²) in [5.41, 5.74) is 1.04. The van der Waals surface area contributed by atoms with Gasteiger partial charge in [-0.1, -0.05) is 5.46 Å². The van der Waals surface area contributed by atoms with E-state index in [0.29, 0.717) is 16.4 Å². The van der Waals surface area contributed by atoms with Crippen LogP contribution in [0, 0.1) is 5.82 Å². The zero-order valence-corrected chi connectivity index (χ0v) is 5.63. The summed E-state index contributed by atoms with van der Waals surface area (Å²) in [6.07, 6.45) is 4.23. The minimum Gasteiger partial charge on any atom is -0.360 e. The van der Waals surface area contributed by atoms with Gasteiger partial charge in [0, 0.05) is 5.39 Å². The van der Waals surface area contributed by atoms with Gasteiger partial charge in [-0.05, 0) is 6.20 Å². The van der Waals surface area contributed by atoms with Gasteiger partial charge in [0.05, 0.1) is 17.9 Å². The van der Waals surface area contributed by atoms with Crippen molar-refractivity contribution in [1.82, 2.24) is 9.97 Å². The number of aromatic nitrogens is 2. The van der Waals surface area contributed by atoms with E-state index in [0.717, 1.165) is 6.20 Å². The summed E-state index contributed by atoms with van der Waals surface area (Å²) in [7, 11) is 5.48. The molecule has 2 aromatic rings. The Labute approximate surface area is 63.9 Å². The zero-order chi connectivity index (χ0) is 7.84. The quantitative estimate of drug-likeness (QED) is 0.538. The van der Waals surface area contributed by atoms with Gasteiger partial charge in [-0.25, -0.2) is 4.39 Å². The first-order valence-electron chi connectivity index (χ1n) is 3.15. The molecular weight excluding hydrogens is 142 g/mol. The van der Waals surface area contributed by atoms with Crippen molar-refractivity contribution in [2.24, 2.45) is 0 Å². The van der Waals surface area contributed by atoms with Gasteiger partial charge in [0.15, 0.2) is 0 Å². The van der Waals surface area contributed by atoms with Crippen molar-refractivity contribution >= 4 is 24.2 Å². The molecule has 2 rings (SSSR count). The highest BCUT2D eigenvalue weighted by molar-refractivity contribution is 6.38. The first-order chi connectivity index (χ1) is 5.29. The second-order valence-electron chi connectivity index (χ2n) is 2.29. The summed E-state index contributed by atoms with van der Waals surface area (Å²) in [4.78, 5) is 6.47. The first kappa shape index (κ1) is 6.40. The third-order valence-corrected chi connectivity index (χ3v) is 1.57. The number of pyridine rings is 1. The molecule has 0 aromatic carbocycles. The van der Waals surface area contributed by atoms with E-state index in [2.05, 4.69) is 9.97 Å². The fourth-order valence-corrected chi connectivity index (χ4v) is 1.07. The molecule has 0 saturated carbocycles. The second kappa shape index (κ2) is 2.08. The van der Waals surface area contributed by atoms with Gasteiger partial charge in [-0.2, -0.15) is 0 Å². The lowest BCUT2D eigenvalue weighted by atomic mass is 9.96. The number of halogens is 1. The SMILES string of the molecule is [B]c1c[nH]c2cncc(F)c12. The molecule has 11 heavy (non-hydrogen) atoms. The van der Waals surface area contributed by atoms with Gasteiger partial charge in [-0.3, -0.25) is 4.98 Å². The van der Waals surface area contributed by atoms with Crippen molar-refractivity contribution < 1.29 is 4.39 Å². The Morgan fingerprint density at radius 3 is 3.00 bits per heavy atom. The van der Waals surface area contributed by atoms with Gasteiger partial charge in [0.25, 0.3) is 0 Å². The van der Waals surface area contributed by atoms with E-state index >= 15 is 0 Å². The maximum Gasteiger partial charge on any atom is 0.150 e. The minimum atomic E-state index is -0.388. The number of rotatable bonds is 0. The molecule has 0 fully saturated rings. The highest BCUT2D eigenvalue weighted by Gasteiger charge is 2.03. The van der Waals surface area contributed by atoms with E-state index in [-0.39, 0.29) is 5.82 Å². The molecule has 52 valence electrons. The van der Waals surface area contributed by atoms with E-state index in [1.54, 1.807) is 6.20 Å². The van der Waals surface area contributed by atoms with Crippen LogP contribution in [0.1, 0.15) is 0 Å². The van der Waals surface area contributed by atoms with Crippen LogP contribution in [0.3, 0.4) is 0 Å². The fourth-order valence-electron chi connectivity index (χ4n) is 1.07. The highest BCUT2D eigenvalue weighted by atomic mass is 19.1. The number of hydrogen-bond acceptors (Lipinski definition) is 1. The van der Waals surface area contributed by atoms with Crippen molar-refractivity contribution in [1.29, 1.82) is 0 Å². The lowest BCUT2D eigenvalue weighted by Crippen LogP contribution is -1.99. The van der Waals surface area contributed by atoms with E-state index in [1.165, 1.54) is 6.20 Å². The smallest absolute Gasteiger partial charge is 0.150 e. The maximum absolute atomic E-state index is 12.9.